The van der Waals surface area contributed by atoms with Crippen LogP contribution in [0.5, 0.6) is 5.75 Å². The molecule has 31 heavy (non-hydrogen) atoms. The molecule has 3 aromatic carbocycles. The van der Waals surface area contributed by atoms with Crippen molar-refractivity contribution in [1.29, 1.82) is 0 Å². The predicted molar refractivity (Wildman–Crippen MR) is 117 cm³/mol. The molecule has 5 nitrogen and oxygen atoms in total. The van der Waals surface area contributed by atoms with Crippen LogP contribution < -0.4 is 10.2 Å². The van der Waals surface area contributed by atoms with Gasteiger partial charge in [-0.3, -0.25) is 4.79 Å². The van der Waals surface area contributed by atoms with Crippen LogP contribution in [0.15, 0.2) is 87.5 Å². The normalized spacial score (nSPS) is 11.6. The molecule has 1 heterocycles. The van der Waals surface area contributed by atoms with Gasteiger partial charge in [0.05, 0.1) is 17.5 Å². The van der Waals surface area contributed by atoms with Crippen LogP contribution in [-0.4, -0.2) is 20.1 Å². The molecule has 8 heteroatoms. The fourth-order valence-corrected chi connectivity index (χ4v) is 4.92. The predicted octanol–water partition coefficient (Wildman–Crippen LogP) is 4.68. The van der Waals surface area contributed by atoms with Crippen molar-refractivity contribution in [2.75, 3.05) is 7.11 Å². The van der Waals surface area contributed by atoms with Crippen molar-refractivity contribution < 1.29 is 17.5 Å². The smallest absolute Gasteiger partial charge is 0.211 e. The topological polar surface area (TPSA) is 65.4 Å². The highest BCUT2D eigenvalue weighted by molar-refractivity contribution is 7.91. The van der Waals surface area contributed by atoms with Gasteiger partial charge in [0.2, 0.25) is 15.3 Å². The van der Waals surface area contributed by atoms with E-state index in [0.717, 1.165) is 11.6 Å². The van der Waals surface area contributed by atoms with E-state index in [9.17, 15) is 17.6 Å². The number of ether oxygens (including phenoxy) is 1. The minimum absolute atomic E-state index is 0.0263. The third-order valence-electron chi connectivity index (χ3n) is 4.97. The highest BCUT2D eigenvalue weighted by Gasteiger charge is 2.24. The third-order valence-corrected chi connectivity index (χ3v) is 7.10. The van der Waals surface area contributed by atoms with Gasteiger partial charge in [0, 0.05) is 23.2 Å². The highest BCUT2D eigenvalue weighted by Crippen LogP contribution is 2.25. The summed E-state index contributed by atoms with van der Waals surface area (Å²) >= 11 is 6.27. The lowest BCUT2D eigenvalue weighted by atomic mass is 10.1. The number of benzene rings is 3. The van der Waals surface area contributed by atoms with Crippen LogP contribution in [0.4, 0.5) is 4.39 Å². The Bertz CT molecular complexity index is 1450. The second-order valence-electron chi connectivity index (χ2n) is 6.88. The number of hydrogen-bond acceptors (Lipinski definition) is 4. The zero-order valence-electron chi connectivity index (χ0n) is 16.4. The summed E-state index contributed by atoms with van der Waals surface area (Å²) in [7, 11) is -2.70. The summed E-state index contributed by atoms with van der Waals surface area (Å²) in [4.78, 5) is 12.6. The molecule has 158 valence electrons. The average molecular weight is 458 g/mol. The first-order valence-corrected chi connectivity index (χ1v) is 11.1. The lowest BCUT2D eigenvalue weighted by molar-refractivity contribution is 0.414. The van der Waals surface area contributed by atoms with Gasteiger partial charge in [0.1, 0.15) is 16.5 Å². The molecule has 0 fully saturated rings. The molecule has 0 aliphatic rings. The lowest BCUT2D eigenvalue weighted by Gasteiger charge is -2.15. The number of rotatable bonds is 5. The van der Waals surface area contributed by atoms with Crippen molar-refractivity contribution in [2.24, 2.45) is 0 Å². The standard InChI is InChI=1S/C23H17ClFNO4S/c1-30-17-7-9-18(10-8-17)31(28,29)22-14-26(13-15-4-2-3-5-20(15)24)21-11-6-16(25)12-19(21)23(22)27/h2-12,14H,13H2,1H3. The van der Waals surface area contributed by atoms with E-state index in [1.165, 1.54) is 49.7 Å². The van der Waals surface area contributed by atoms with E-state index in [1.54, 1.807) is 28.8 Å². The number of fused-ring (bicyclic) bond motifs is 1. The summed E-state index contributed by atoms with van der Waals surface area (Å²) in [6.45, 7) is 0.202. The summed E-state index contributed by atoms with van der Waals surface area (Å²) in [5, 5.41) is 0.470. The molecule has 1 aromatic heterocycles. The maximum atomic E-state index is 13.9. The average Bonchev–Trinajstić information content (AvgIpc) is 2.77. The summed E-state index contributed by atoms with van der Waals surface area (Å²) in [6, 6.07) is 16.5. The van der Waals surface area contributed by atoms with Crippen molar-refractivity contribution in [3.8, 4) is 5.75 Å². The number of methoxy groups -OCH3 is 1. The molecule has 0 unspecified atom stereocenters. The van der Waals surface area contributed by atoms with Crippen LogP contribution in [0.3, 0.4) is 0 Å². The van der Waals surface area contributed by atoms with E-state index >= 15 is 0 Å². The number of halogens is 2. The second-order valence-corrected chi connectivity index (χ2v) is 9.21. The first-order chi connectivity index (χ1) is 14.8. The van der Waals surface area contributed by atoms with Crippen molar-refractivity contribution in [2.45, 2.75) is 16.3 Å². The molecule has 0 amide bonds. The van der Waals surface area contributed by atoms with Gasteiger partial charge in [-0.1, -0.05) is 29.8 Å². The molecule has 0 atom stereocenters. The monoisotopic (exact) mass is 457 g/mol. The molecule has 0 radical (unpaired) electrons. The maximum Gasteiger partial charge on any atom is 0.211 e. The summed E-state index contributed by atoms with van der Waals surface area (Å²) in [5.41, 5.74) is 0.368. The minimum Gasteiger partial charge on any atom is -0.497 e. The summed E-state index contributed by atoms with van der Waals surface area (Å²) < 4.78 is 47.2. The fraction of sp³-hybridized carbons (Fsp3) is 0.0870. The van der Waals surface area contributed by atoms with E-state index in [0.29, 0.717) is 16.3 Å². The second kappa shape index (κ2) is 8.17. The van der Waals surface area contributed by atoms with E-state index in [4.69, 9.17) is 16.3 Å². The number of pyridine rings is 1. The van der Waals surface area contributed by atoms with Crippen LogP contribution in [-0.2, 0) is 16.4 Å². The number of aromatic nitrogens is 1. The number of nitrogens with zero attached hydrogens (tertiary/aromatic N) is 1. The number of sulfone groups is 1. The fourth-order valence-electron chi connectivity index (χ4n) is 3.36. The van der Waals surface area contributed by atoms with Crippen LogP contribution in [0, 0.1) is 5.82 Å². The Balaban J connectivity index is 1.96. The van der Waals surface area contributed by atoms with E-state index in [1.807, 2.05) is 0 Å². The van der Waals surface area contributed by atoms with Crippen molar-refractivity contribution >= 4 is 32.3 Å². The van der Waals surface area contributed by atoms with Gasteiger partial charge in [-0.2, -0.15) is 0 Å². The number of hydrogen-bond donors (Lipinski definition) is 0. The lowest BCUT2D eigenvalue weighted by Crippen LogP contribution is -2.20. The van der Waals surface area contributed by atoms with Gasteiger partial charge in [-0.25, -0.2) is 12.8 Å². The largest absolute Gasteiger partial charge is 0.497 e. The van der Waals surface area contributed by atoms with Gasteiger partial charge >= 0.3 is 0 Å². The Labute approximate surface area is 183 Å². The highest BCUT2D eigenvalue weighted by atomic mass is 35.5. The molecule has 0 bridgehead atoms. The van der Waals surface area contributed by atoms with Crippen molar-refractivity contribution in [3.05, 3.63) is 99.6 Å². The molecule has 0 saturated carbocycles. The minimum atomic E-state index is -4.17. The summed E-state index contributed by atoms with van der Waals surface area (Å²) in [5.74, 6) is -0.149. The Kier molecular flexibility index (Phi) is 5.56. The molecule has 0 spiro atoms. The zero-order valence-corrected chi connectivity index (χ0v) is 18.0. The zero-order chi connectivity index (χ0) is 22.2. The van der Waals surface area contributed by atoms with Crippen molar-refractivity contribution in [3.63, 3.8) is 0 Å². The van der Waals surface area contributed by atoms with Gasteiger partial charge in [-0.15, -0.1) is 0 Å². The maximum absolute atomic E-state index is 13.9. The van der Waals surface area contributed by atoms with Gasteiger partial charge in [0.25, 0.3) is 0 Å². The van der Waals surface area contributed by atoms with Crippen LogP contribution >= 0.6 is 11.6 Å². The molecular formula is C23H17ClFNO4S. The molecule has 0 aliphatic carbocycles. The molecule has 0 aliphatic heterocycles. The molecule has 4 aromatic rings. The third kappa shape index (κ3) is 3.94. The van der Waals surface area contributed by atoms with Crippen LogP contribution in [0.1, 0.15) is 5.56 Å². The Morgan fingerprint density at radius 2 is 1.74 bits per heavy atom. The Hall–Kier alpha value is -3.16. The molecule has 0 N–H and O–H groups in total. The van der Waals surface area contributed by atoms with Crippen molar-refractivity contribution in [1.82, 2.24) is 4.57 Å². The van der Waals surface area contributed by atoms with Gasteiger partial charge in [-0.05, 0) is 54.1 Å². The van der Waals surface area contributed by atoms with E-state index < -0.39 is 26.0 Å². The Morgan fingerprint density at radius 1 is 1.03 bits per heavy atom. The summed E-state index contributed by atoms with van der Waals surface area (Å²) in [6.07, 6.45) is 1.28. The molecular weight excluding hydrogens is 441 g/mol. The van der Waals surface area contributed by atoms with E-state index in [-0.39, 0.29) is 16.8 Å². The van der Waals surface area contributed by atoms with Gasteiger partial charge in [0.15, 0.2) is 0 Å². The van der Waals surface area contributed by atoms with E-state index in [2.05, 4.69) is 0 Å². The quantitative estimate of drug-likeness (QED) is 0.436. The SMILES string of the molecule is COc1ccc(S(=O)(=O)c2cn(Cc3ccccc3Cl)c3ccc(F)cc3c2=O)cc1. The van der Waals surface area contributed by atoms with Gasteiger partial charge < -0.3 is 9.30 Å². The molecule has 0 saturated heterocycles. The van der Waals surface area contributed by atoms with Crippen LogP contribution in [0.2, 0.25) is 5.02 Å². The first-order valence-electron chi connectivity index (χ1n) is 9.26. The Morgan fingerprint density at radius 3 is 2.42 bits per heavy atom. The van der Waals surface area contributed by atoms with Crippen LogP contribution in [0.25, 0.3) is 10.9 Å². The first kappa shape index (κ1) is 21.1. The molecule has 4 rings (SSSR count).